The Morgan fingerprint density at radius 2 is 2.11 bits per heavy atom. The minimum Gasteiger partial charge on any atom is -0.386 e. The van der Waals surface area contributed by atoms with Crippen molar-refractivity contribution in [3.8, 4) is 11.3 Å². The number of anilines is 1. The number of aliphatic hydroxyl groups excluding tert-OH is 1. The van der Waals surface area contributed by atoms with Crippen LogP contribution in [-0.4, -0.2) is 68.8 Å². The second-order valence-electron chi connectivity index (χ2n) is 10.6. The Bertz CT molecular complexity index is 1410. The molecule has 1 aromatic carbocycles. The quantitative estimate of drug-likeness (QED) is 0.523. The van der Waals surface area contributed by atoms with Gasteiger partial charge < -0.3 is 24.5 Å². The molecule has 2 N–H and O–H groups in total. The number of halogens is 1. The minimum absolute atomic E-state index is 0.00448. The predicted octanol–water partition coefficient (Wildman–Crippen LogP) is 2.98. The van der Waals surface area contributed by atoms with E-state index in [1.165, 1.54) is 6.42 Å². The van der Waals surface area contributed by atoms with Crippen LogP contribution in [0.3, 0.4) is 0 Å². The lowest BCUT2D eigenvalue weighted by atomic mass is 10.0. The highest BCUT2D eigenvalue weighted by Crippen LogP contribution is 2.31. The average Bonchev–Trinajstić information content (AvgIpc) is 3.26. The summed E-state index contributed by atoms with van der Waals surface area (Å²) in [4.78, 5) is 24.2. The summed E-state index contributed by atoms with van der Waals surface area (Å²) in [5.41, 5.74) is 3.21. The number of pyridine rings is 1. The number of likely N-dealkylation sites (tertiary alicyclic amines) is 1. The first-order chi connectivity index (χ1) is 17.8. The molecule has 0 radical (unpaired) electrons. The van der Waals surface area contributed by atoms with Crippen LogP contribution in [0, 0.1) is 12.7 Å². The number of nitrogens with zero attached hydrogens (tertiary/aromatic N) is 4. The lowest BCUT2D eigenvalue weighted by Gasteiger charge is -2.33. The molecule has 2 aromatic heterocycles. The Hall–Kier alpha value is -2.92. The van der Waals surface area contributed by atoms with E-state index in [-0.39, 0.29) is 35.3 Å². The third kappa shape index (κ3) is 4.31. The van der Waals surface area contributed by atoms with E-state index in [4.69, 9.17) is 9.47 Å². The van der Waals surface area contributed by atoms with Crippen LogP contribution in [-0.2, 0) is 16.0 Å². The summed E-state index contributed by atoms with van der Waals surface area (Å²) in [7, 11) is 0. The van der Waals surface area contributed by atoms with Crippen molar-refractivity contribution >= 4 is 16.9 Å². The maximum Gasteiger partial charge on any atom is 0.223 e. The van der Waals surface area contributed by atoms with E-state index >= 15 is 4.39 Å². The Morgan fingerprint density at radius 3 is 2.84 bits per heavy atom. The average molecular weight is 510 g/mol. The lowest BCUT2D eigenvalue weighted by molar-refractivity contribution is -0.156. The molecule has 9 nitrogen and oxygen atoms in total. The van der Waals surface area contributed by atoms with E-state index in [1.807, 2.05) is 13.0 Å². The largest absolute Gasteiger partial charge is 0.386 e. The Labute approximate surface area is 214 Å². The van der Waals surface area contributed by atoms with Crippen molar-refractivity contribution in [1.29, 1.82) is 0 Å². The fourth-order valence-corrected chi connectivity index (χ4v) is 5.60. The van der Waals surface area contributed by atoms with Crippen LogP contribution in [0.25, 0.3) is 22.2 Å². The molecule has 37 heavy (non-hydrogen) atoms. The van der Waals surface area contributed by atoms with Gasteiger partial charge >= 0.3 is 0 Å². The van der Waals surface area contributed by atoms with E-state index in [9.17, 15) is 9.90 Å². The zero-order valence-corrected chi connectivity index (χ0v) is 21.3. The standard InChI is InChI=1S/C27H32FN5O4/c1-14(2)33-21-9-16(5-6-18(21)24(34)15(3)22(33)12-32-7-4-8-32)23-19(28)11-29-27(31-23)30-20-10-17-13-36-26(37-17)25(20)35/h5-6,9,11,14,17,20,25-26,35H,4,7-8,10,12-13H2,1-3H3,(H,29,30,31)/t17-,20+,25-,26+/m0/s1. The maximum absolute atomic E-state index is 15.0. The second kappa shape index (κ2) is 9.43. The van der Waals surface area contributed by atoms with Crippen molar-refractivity contribution in [3.63, 3.8) is 0 Å². The molecule has 196 valence electrons. The van der Waals surface area contributed by atoms with Crippen molar-refractivity contribution in [2.75, 3.05) is 25.0 Å². The summed E-state index contributed by atoms with van der Waals surface area (Å²) >= 11 is 0. The molecular formula is C27H32FN5O4. The van der Waals surface area contributed by atoms with Crippen LogP contribution in [0.2, 0.25) is 0 Å². The van der Waals surface area contributed by atoms with Gasteiger partial charge in [-0.3, -0.25) is 9.69 Å². The van der Waals surface area contributed by atoms with Gasteiger partial charge in [-0.25, -0.2) is 14.4 Å². The molecule has 0 unspecified atom stereocenters. The van der Waals surface area contributed by atoms with Crippen LogP contribution in [0.15, 0.2) is 29.2 Å². The van der Waals surface area contributed by atoms with E-state index < -0.39 is 18.2 Å². The summed E-state index contributed by atoms with van der Waals surface area (Å²) in [5, 5.41) is 14.3. The van der Waals surface area contributed by atoms with Crippen molar-refractivity contribution in [3.05, 3.63) is 51.7 Å². The fraction of sp³-hybridized carbons (Fsp3) is 0.519. The highest BCUT2D eigenvalue weighted by molar-refractivity contribution is 5.85. The molecule has 4 atom stereocenters. The van der Waals surface area contributed by atoms with Gasteiger partial charge in [-0.2, -0.15) is 0 Å². The first-order valence-corrected chi connectivity index (χ1v) is 12.9. The number of hydrogen-bond acceptors (Lipinski definition) is 8. The smallest absolute Gasteiger partial charge is 0.223 e. The molecule has 3 fully saturated rings. The summed E-state index contributed by atoms with van der Waals surface area (Å²) in [5.74, 6) is -0.349. The number of fused-ring (bicyclic) bond motifs is 3. The van der Waals surface area contributed by atoms with E-state index in [2.05, 4.69) is 38.6 Å². The molecule has 0 aliphatic carbocycles. The number of aromatic nitrogens is 3. The van der Waals surface area contributed by atoms with Crippen LogP contribution < -0.4 is 10.7 Å². The van der Waals surface area contributed by atoms with Gasteiger partial charge in [-0.1, -0.05) is 6.07 Å². The second-order valence-corrected chi connectivity index (χ2v) is 10.6. The number of rotatable bonds is 6. The number of aliphatic hydroxyl groups is 1. The third-order valence-electron chi connectivity index (χ3n) is 7.72. The first-order valence-electron chi connectivity index (χ1n) is 12.9. The van der Waals surface area contributed by atoms with E-state index in [1.54, 1.807) is 12.1 Å². The van der Waals surface area contributed by atoms with Crippen LogP contribution >= 0.6 is 0 Å². The van der Waals surface area contributed by atoms with Gasteiger partial charge in [0, 0.05) is 34.8 Å². The zero-order chi connectivity index (χ0) is 25.8. The van der Waals surface area contributed by atoms with Crippen molar-refractivity contribution < 1.29 is 19.0 Å². The Balaban J connectivity index is 1.40. The van der Waals surface area contributed by atoms with Gasteiger partial charge in [0.25, 0.3) is 0 Å². The topological polar surface area (TPSA) is 102 Å². The van der Waals surface area contributed by atoms with Crippen LogP contribution in [0.5, 0.6) is 0 Å². The first kappa shape index (κ1) is 24.4. The highest BCUT2D eigenvalue weighted by Gasteiger charge is 2.43. The van der Waals surface area contributed by atoms with E-state index in [0.29, 0.717) is 30.5 Å². The molecule has 3 aliphatic heterocycles. The molecule has 0 spiro atoms. The van der Waals surface area contributed by atoms with Crippen LogP contribution in [0.4, 0.5) is 10.3 Å². The molecule has 3 aliphatic rings. The maximum atomic E-state index is 15.0. The highest BCUT2D eigenvalue weighted by atomic mass is 19.1. The monoisotopic (exact) mass is 509 g/mol. The van der Waals surface area contributed by atoms with Gasteiger partial charge in [0.2, 0.25) is 5.95 Å². The number of hydrogen-bond donors (Lipinski definition) is 2. The van der Waals surface area contributed by atoms with E-state index in [0.717, 1.165) is 36.1 Å². The fourth-order valence-electron chi connectivity index (χ4n) is 5.60. The number of benzene rings is 1. The molecule has 0 saturated carbocycles. The van der Waals surface area contributed by atoms with Gasteiger partial charge in [-0.15, -0.1) is 0 Å². The zero-order valence-electron chi connectivity index (χ0n) is 21.3. The van der Waals surface area contributed by atoms with Gasteiger partial charge in [-0.05, 0) is 58.8 Å². The normalized spacial score (nSPS) is 25.6. The molecule has 5 heterocycles. The molecule has 3 saturated heterocycles. The number of nitrogens with one attached hydrogen (secondary N) is 1. The molecule has 10 heteroatoms. The van der Waals surface area contributed by atoms with Crippen molar-refractivity contribution in [2.24, 2.45) is 0 Å². The molecule has 3 aromatic rings. The Morgan fingerprint density at radius 1 is 1.30 bits per heavy atom. The van der Waals surface area contributed by atoms with Gasteiger partial charge in [0.15, 0.2) is 17.5 Å². The van der Waals surface area contributed by atoms with Crippen LogP contribution in [0.1, 0.15) is 44.0 Å². The third-order valence-corrected chi connectivity index (χ3v) is 7.72. The Kier molecular flexibility index (Phi) is 6.22. The summed E-state index contributed by atoms with van der Waals surface area (Å²) in [6.45, 7) is 9.30. The summed E-state index contributed by atoms with van der Waals surface area (Å²) < 4.78 is 28.3. The molecule has 0 amide bonds. The minimum atomic E-state index is -0.884. The molecular weight excluding hydrogens is 477 g/mol. The molecule has 6 rings (SSSR count). The van der Waals surface area contributed by atoms with Crippen molar-refractivity contribution in [2.45, 2.75) is 70.7 Å². The van der Waals surface area contributed by atoms with Crippen molar-refractivity contribution in [1.82, 2.24) is 19.4 Å². The molecule has 2 bridgehead atoms. The SMILES string of the molecule is Cc1c(CN2CCC2)n(C(C)C)c2cc(-c3nc(N[C@@H]4C[C@H]5CO[C@H](O5)[C@H]4O)ncc3F)ccc2c1=O. The predicted molar refractivity (Wildman–Crippen MR) is 137 cm³/mol. The van der Waals surface area contributed by atoms with Gasteiger partial charge in [0.05, 0.1) is 30.5 Å². The number of ether oxygens (including phenoxy) is 2. The summed E-state index contributed by atoms with van der Waals surface area (Å²) in [6.07, 6.45) is 1.16. The summed E-state index contributed by atoms with van der Waals surface area (Å²) in [6, 6.07) is 5.07. The lowest BCUT2D eigenvalue weighted by Crippen LogP contribution is -2.48. The van der Waals surface area contributed by atoms with Gasteiger partial charge in [0.1, 0.15) is 11.8 Å².